The zero-order valence-corrected chi connectivity index (χ0v) is 14.3. The minimum Gasteiger partial charge on any atom is -0.336 e. The molecular weight excluding hydrogens is 332 g/mol. The first-order chi connectivity index (χ1) is 11.1. The molecule has 1 fully saturated rings. The number of thioether (sulfide) groups is 1. The molecule has 1 aliphatic heterocycles. The van der Waals surface area contributed by atoms with Crippen LogP contribution < -0.4 is 5.32 Å². The SMILES string of the molecule is CC(Sc1ncnc2sc3c(c12)CCC3)C(=O)N1CCNC1=O. The van der Waals surface area contributed by atoms with Gasteiger partial charge in [-0.3, -0.25) is 9.69 Å². The van der Waals surface area contributed by atoms with Crippen molar-refractivity contribution in [3.63, 3.8) is 0 Å². The van der Waals surface area contributed by atoms with Crippen LogP contribution in [0.5, 0.6) is 0 Å². The van der Waals surface area contributed by atoms with E-state index in [2.05, 4.69) is 15.3 Å². The Kier molecular flexibility index (Phi) is 3.73. The molecule has 3 amide bonds. The van der Waals surface area contributed by atoms with E-state index in [1.807, 2.05) is 6.92 Å². The Balaban J connectivity index is 1.62. The highest BCUT2D eigenvalue weighted by atomic mass is 32.2. The van der Waals surface area contributed by atoms with Gasteiger partial charge in [0.15, 0.2) is 0 Å². The van der Waals surface area contributed by atoms with Crippen LogP contribution in [0.2, 0.25) is 0 Å². The largest absolute Gasteiger partial charge is 0.336 e. The van der Waals surface area contributed by atoms with Gasteiger partial charge in [0, 0.05) is 23.4 Å². The second-order valence-electron chi connectivity index (χ2n) is 5.70. The van der Waals surface area contributed by atoms with E-state index in [0.29, 0.717) is 13.1 Å². The molecule has 0 saturated carbocycles. The van der Waals surface area contributed by atoms with Gasteiger partial charge in [-0.2, -0.15) is 0 Å². The molecule has 0 spiro atoms. The van der Waals surface area contributed by atoms with Crippen LogP contribution in [-0.2, 0) is 17.6 Å². The van der Waals surface area contributed by atoms with E-state index in [0.717, 1.165) is 28.1 Å². The summed E-state index contributed by atoms with van der Waals surface area (Å²) in [6.45, 7) is 2.80. The average Bonchev–Trinajstić information content (AvgIpc) is 3.21. The molecule has 0 aromatic carbocycles. The molecule has 120 valence electrons. The van der Waals surface area contributed by atoms with E-state index in [4.69, 9.17) is 0 Å². The molecule has 23 heavy (non-hydrogen) atoms. The Hall–Kier alpha value is -1.67. The summed E-state index contributed by atoms with van der Waals surface area (Å²) >= 11 is 3.16. The molecule has 0 radical (unpaired) electrons. The van der Waals surface area contributed by atoms with Gasteiger partial charge < -0.3 is 5.32 Å². The third kappa shape index (κ3) is 2.49. The summed E-state index contributed by atoms with van der Waals surface area (Å²) in [5.74, 6) is -0.163. The highest BCUT2D eigenvalue weighted by molar-refractivity contribution is 8.00. The Morgan fingerprint density at radius 1 is 1.43 bits per heavy atom. The molecule has 1 N–H and O–H groups in total. The van der Waals surface area contributed by atoms with E-state index in [9.17, 15) is 9.59 Å². The smallest absolute Gasteiger partial charge is 0.324 e. The number of aryl methyl sites for hydroxylation is 2. The van der Waals surface area contributed by atoms with Crippen molar-refractivity contribution >= 4 is 45.3 Å². The summed E-state index contributed by atoms with van der Waals surface area (Å²) in [7, 11) is 0. The third-order valence-corrected chi connectivity index (χ3v) is 6.51. The molecule has 0 bridgehead atoms. The number of rotatable bonds is 3. The maximum absolute atomic E-state index is 12.5. The molecule has 2 aromatic rings. The molecule has 3 heterocycles. The highest BCUT2D eigenvalue weighted by Gasteiger charge is 2.31. The molecule has 1 saturated heterocycles. The van der Waals surface area contributed by atoms with E-state index in [1.54, 1.807) is 17.7 Å². The molecule has 1 aliphatic carbocycles. The Morgan fingerprint density at radius 3 is 3.09 bits per heavy atom. The number of hydrogen-bond donors (Lipinski definition) is 1. The number of amides is 3. The minimum absolute atomic E-state index is 0.163. The number of carbonyl (C=O) groups is 2. The topological polar surface area (TPSA) is 75.2 Å². The summed E-state index contributed by atoms with van der Waals surface area (Å²) in [4.78, 5) is 36.6. The molecular formula is C15H16N4O2S2. The van der Waals surface area contributed by atoms with Gasteiger partial charge in [-0.15, -0.1) is 11.3 Å². The van der Waals surface area contributed by atoms with Gasteiger partial charge in [0.25, 0.3) is 0 Å². The quantitative estimate of drug-likeness (QED) is 0.680. The number of thiophene rings is 1. The first-order valence-corrected chi connectivity index (χ1v) is 9.36. The monoisotopic (exact) mass is 348 g/mol. The number of nitrogens with one attached hydrogen (secondary N) is 1. The number of carbonyl (C=O) groups excluding carboxylic acids is 2. The average molecular weight is 348 g/mol. The predicted molar refractivity (Wildman–Crippen MR) is 89.9 cm³/mol. The third-order valence-electron chi connectivity index (χ3n) is 4.23. The van der Waals surface area contributed by atoms with E-state index < -0.39 is 0 Å². The molecule has 4 rings (SSSR count). The van der Waals surface area contributed by atoms with Crippen molar-refractivity contribution in [3.05, 3.63) is 16.8 Å². The van der Waals surface area contributed by atoms with Crippen LogP contribution in [0.1, 0.15) is 23.8 Å². The van der Waals surface area contributed by atoms with Gasteiger partial charge in [-0.05, 0) is 31.7 Å². The van der Waals surface area contributed by atoms with Crippen molar-refractivity contribution in [3.8, 4) is 0 Å². The van der Waals surface area contributed by atoms with Crippen LogP contribution >= 0.6 is 23.1 Å². The maximum atomic E-state index is 12.5. The number of hydrogen-bond acceptors (Lipinski definition) is 6. The molecule has 2 aromatic heterocycles. The summed E-state index contributed by atoms with van der Waals surface area (Å²) in [5, 5.41) is 4.28. The Labute approximate surface area is 141 Å². The van der Waals surface area contributed by atoms with Crippen molar-refractivity contribution in [1.29, 1.82) is 0 Å². The summed E-state index contributed by atoms with van der Waals surface area (Å²) in [5.41, 5.74) is 1.35. The Bertz CT molecular complexity index is 804. The highest BCUT2D eigenvalue weighted by Crippen LogP contribution is 2.41. The van der Waals surface area contributed by atoms with Crippen LogP contribution in [0, 0.1) is 0 Å². The lowest BCUT2D eigenvalue weighted by Gasteiger charge is -2.17. The number of imide groups is 1. The fourth-order valence-electron chi connectivity index (χ4n) is 3.11. The van der Waals surface area contributed by atoms with Crippen molar-refractivity contribution in [2.24, 2.45) is 0 Å². The maximum Gasteiger partial charge on any atom is 0.324 e. The lowest BCUT2D eigenvalue weighted by atomic mass is 10.2. The number of aromatic nitrogens is 2. The second kappa shape index (κ2) is 5.76. The zero-order chi connectivity index (χ0) is 16.0. The predicted octanol–water partition coefficient (Wildman–Crippen LogP) is 2.21. The molecule has 1 unspecified atom stereocenters. The van der Waals surface area contributed by atoms with Crippen LogP contribution in [0.25, 0.3) is 10.2 Å². The molecule has 2 aliphatic rings. The summed E-state index contributed by atoms with van der Waals surface area (Å²) in [6, 6.07) is -0.299. The van der Waals surface area contributed by atoms with Crippen molar-refractivity contribution in [2.45, 2.75) is 36.5 Å². The zero-order valence-electron chi connectivity index (χ0n) is 12.7. The number of urea groups is 1. The van der Waals surface area contributed by atoms with Gasteiger partial charge in [-0.25, -0.2) is 14.8 Å². The van der Waals surface area contributed by atoms with E-state index in [1.165, 1.54) is 33.5 Å². The van der Waals surface area contributed by atoms with Crippen LogP contribution in [0.4, 0.5) is 4.79 Å². The van der Waals surface area contributed by atoms with Crippen molar-refractivity contribution in [2.75, 3.05) is 13.1 Å². The fraction of sp³-hybridized carbons (Fsp3) is 0.467. The van der Waals surface area contributed by atoms with E-state index in [-0.39, 0.29) is 17.2 Å². The van der Waals surface area contributed by atoms with Crippen molar-refractivity contribution in [1.82, 2.24) is 20.2 Å². The van der Waals surface area contributed by atoms with Gasteiger partial charge >= 0.3 is 6.03 Å². The first-order valence-electron chi connectivity index (χ1n) is 7.66. The standard InChI is InChI=1S/C15H16N4O2S2/c1-8(14(20)19-6-5-16-15(19)21)22-12-11-9-3-2-4-10(9)23-13(11)18-7-17-12/h7-8H,2-6H2,1H3,(H,16,21). The lowest BCUT2D eigenvalue weighted by molar-refractivity contribution is -0.126. The first kappa shape index (κ1) is 14.9. The van der Waals surface area contributed by atoms with Gasteiger partial charge in [0.1, 0.15) is 16.2 Å². The van der Waals surface area contributed by atoms with Gasteiger partial charge in [-0.1, -0.05) is 11.8 Å². The normalized spacial score (nSPS) is 18.3. The molecule has 1 atom stereocenters. The van der Waals surface area contributed by atoms with E-state index >= 15 is 0 Å². The Morgan fingerprint density at radius 2 is 2.30 bits per heavy atom. The summed E-state index contributed by atoms with van der Waals surface area (Å²) < 4.78 is 0. The second-order valence-corrected chi connectivity index (χ2v) is 8.11. The van der Waals surface area contributed by atoms with Crippen LogP contribution in [0.3, 0.4) is 0 Å². The minimum atomic E-state index is -0.353. The fourth-order valence-corrected chi connectivity index (χ4v) is 5.41. The van der Waals surface area contributed by atoms with Gasteiger partial charge in [0.2, 0.25) is 5.91 Å². The summed E-state index contributed by atoms with van der Waals surface area (Å²) in [6.07, 6.45) is 4.92. The lowest BCUT2D eigenvalue weighted by Crippen LogP contribution is -2.38. The van der Waals surface area contributed by atoms with Crippen molar-refractivity contribution < 1.29 is 9.59 Å². The molecule has 6 nitrogen and oxygen atoms in total. The van der Waals surface area contributed by atoms with Crippen LogP contribution in [0.15, 0.2) is 11.4 Å². The number of fused-ring (bicyclic) bond motifs is 3. The molecule has 8 heteroatoms. The van der Waals surface area contributed by atoms with Crippen LogP contribution in [-0.4, -0.2) is 45.1 Å². The number of nitrogens with zero attached hydrogens (tertiary/aromatic N) is 3. The van der Waals surface area contributed by atoms with Gasteiger partial charge in [0.05, 0.1) is 5.25 Å².